The minimum absolute atomic E-state index is 0.138. The first-order chi connectivity index (χ1) is 11.3. The first-order valence-corrected chi connectivity index (χ1v) is 8.16. The zero-order valence-electron chi connectivity index (χ0n) is 13.0. The van der Waals surface area contributed by atoms with Crippen LogP contribution in [0.1, 0.15) is 36.8 Å². The third-order valence-electron chi connectivity index (χ3n) is 4.61. The summed E-state index contributed by atoms with van der Waals surface area (Å²) in [6.07, 6.45) is 7.02. The van der Waals surface area contributed by atoms with Crippen molar-refractivity contribution in [3.63, 3.8) is 0 Å². The highest BCUT2D eigenvalue weighted by atomic mass is 16.2. The number of aromatic amines is 2. The van der Waals surface area contributed by atoms with Gasteiger partial charge < -0.3 is 14.9 Å². The third-order valence-corrected chi connectivity index (χ3v) is 4.61. The Bertz CT molecular complexity index is 772. The smallest absolute Gasteiger partial charge is 0.230 e. The predicted octanol–water partition coefficient (Wildman–Crippen LogP) is 3.19. The molecule has 118 valence electrons. The second-order valence-electron chi connectivity index (χ2n) is 6.12. The van der Waals surface area contributed by atoms with Crippen molar-refractivity contribution >= 4 is 16.8 Å². The number of H-pyrrole nitrogens is 2. The van der Waals surface area contributed by atoms with Gasteiger partial charge in [0.2, 0.25) is 5.91 Å². The molecule has 1 saturated heterocycles. The lowest BCUT2D eigenvalue weighted by Crippen LogP contribution is -2.39. The molecule has 1 amide bonds. The van der Waals surface area contributed by atoms with Gasteiger partial charge in [0.25, 0.3) is 0 Å². The normalized spacial score (nSPS) is 18.4. The summed E-state index contributed by atoms with van der Waals surface area (Å²) in [6, 6.07) is 10.6. The molecular weight excluding hydrogens is 288 g/mol. The van der Waals surface area contributed by atoms with Crippen LogP contribution >= 0.6 is 0 Å². The van der Waals surface area contributed by atoms with Crippen LogP contribution < -0.4 is 0 Å². The lowest BCUT2D eigenvalue weighted by Gasteiger charge is -2.35. The maximum absolute atomic E-state index is 12.7. The Hall–Kier alpha value is -2.56. The summed E-state index contributed by atoms with van der Waals surface area (Å²) in [5.41, 5.74) is 2.27. The number of aromatic nitrogens is 3. The van der Waals surface area contributed by atoms with E-state index in [4.69, 9.17) is 0 Å². The number of piperidine rings is 1. The zero-order chi connectivity index (χ0) is 15.6. The summed E-state index contributed by atoms with van der Waals surface area (Å²) in [4.78, 5) is 25.4. The van der Waals surface area contributed by atoms with Gasteiger partial charge in [0.1, 0.15) is 5.82 Å². The number of likely N-dealkylation sites (tertiary alicyclic amines) is 1. The van der Waals surface area contributed by atoms with E-state index in [-0.39, 0.29) is 11.9 Å². The van der Waals surface area contributed by atoms with Crippen LogP contribution in [-0.2, 0) is 11.2 Å². The maximum Gasteiger partial charge on any atom is 0.230 e. The number of rotatable bonds is 3. The molecule has 3 aromatic rings. The molecule has 2 aromatic heterocycles. The van der Waals surface area contributed by atoms with E-state index in [0.29, 0.717) is 6.42 Å². The molecule has 1 aliphatic rings. The fourth-order valence-electron chi connectivity index (χ4n) is 3.47. The maximum atomic E-state index is 12.7. The number of fused-ring (bicyclic) bond motifs is 1. The fraction of sp³-hybridized carbons (Fsp3) is 0.333. The monoisotopic (exact) mass is 308 g/mol. The number of hydrogen-bond donors (Lipinski definition) is 2. The number of benzene rings is 1. The third kappa shape index (κ3) is 2.74. The van der Waals surface area contributed by atoms with Crippen LogP contribution in [0.5, 0.6) is 0 Å². The predicted molar refractivity (Wildman–Crippen MR) is 88.9 cm³/mol. The Kier molecular flexibility index (Phi) is 3.61. The molecule has 0 radical (unpaired) electrons. The molecule has 4 rings (SSSR count). The number of carbonyl (C=O) groups is 1. The average molecular weight is 308 g/mol. The van der Waals surface area contributed by atoms with Crippen molar-refractivity contribution in [1.82, 2.24) is 19.9 Å². The molecule has 1 aromatic carbocycles. The van der Waals surface area contributed by atoms with Crippen LogP contribution in [0.3, 0.4) is 0 Å². The van der Waals surface area contributed by atoms with Crippen molar-refractivity contribution in [1.29, 1.82) is 0 Å². The van der Waals surface area contributed by atoms with Crippen LogP contribution in [0, 0.1) is 0 Å². The summed E-state index contributed by atoms with van der Waals surface area (Å²) in [5, 5.41) is 1.20. The fourth-order valence-corrected chi connectivity index (χ4v) is 3.47. The molecule has 0 aliphatic carbocycles. The number of imidazole rings is 1. The highest BCUT2D eigenvalue weighted by Crippen LogP contribution is 2.32. The molecule has 1 aliphatic heterocycles. The zero-order valence-corrected chi connectivity index (χ0v) is 13.0. The topological polar surface area (TPSA) is 64.8 Å². The number of hydrogen-bond acceptors (Lipinski definition) is 2. The lowest BCUT2D eigenvalue weighted by atomic mass is 9.98. The van der Waals surface area contributed by atoms with Crippen molar-refractivity contribution in [2.45, 2.75) is 31.7 Å². The van der Waals surface area contributed by atoms with E-state index < -0.39 is 0 Å². The molecule has 0 saturated carbocycles. The average Bonchev–Trinajstić information content (AvgIpc) is 3.23. The molecular formula is C18H20N4O. The van der Waals surface area contributed by atoms with Crippen LogP contribution in [0.2, 0.25) is 0 Å². The first kappa shape index (κ1) is 14.1. The lowest BCUT2D eigenvalue weighted by molar-refractivity contribution is -0.134. The van der Waals surface area contributed by atoms with Gasteiger partial charge in [0.15, 0.2) is 0 Å². The highest BCUT2D eigenvalue weighted by Gasteiger charge is 2.29. The number of nitrogens with one attached hydrogen (secondary N) is 2. The second-order valence-corrected chi connectivity index (χ2v) is 6.12. The first-order valence-electron chi connectivity index (χ1n) is 8.16. The van der Waals surface area contributed by atoms with E-state index >= 15 is 0 Å². The Morgan fingerprint density at radius 2 is 2.22 bits per heavy atom. The van der Waals surface area contributed by atoms with E-state index in [1.807, 2.05) is 17.0 Å². The van der Waals surface area contributed by atoms with Gasteiger partial charge in [0.05, 0.1) is 12.5 Å². The molecule has 2 N–H and O–H groups in total. The SMILES string of the molecule is O=C(Cc1ncc[nH]1)N1CCCCC1c1cc2ccccc2[nH]1. The van der Waals surface area contributed by atoms with E-state index in [9.17, 15) is 4.79 Å². The van der Waals surface area contributed by atoms with Crippen molar-refractivity contribution < 1.29 is 4.79 Å². The Balaban J connectivity index is 1.60. The van der Waals surface area contributed by atoms with Gasteiger partial charge in [0, 0.05) is 30.1 Å². The Labute approximate surface area is 134 Å². The van der Waals surface area contributed by atoms with E-state index in [1.54, 1.807) is 12.4 Å². The molecule has 1 atom stereocenters. The Morgan fingerprint density at radius 1 is 1.30 bits per heavy atom. The standard InChI is InChI=1S/C18H20N4O/c23-18(12-17-19-8-9-20-17)22-10-4-3-7-16(22)15-11-13-5-1-2-6-14(13)21-15/h1-2,5-6,8-9,11,16,21H,3-4,7,10,12H2,(H,19,20). The van der Waals surface area contributed by atoms with Gasteiger partial charge in [-0.15, -0.1) is 0 Å². The van der Waals surface area contributed by atoms with E-state index in [2.05, 4.69) is 33.2 Å². The van der Waals surface area contributed by atoms with Gasteiger partial charge in [-0.1, -0.05) is 18.2 Å². The Morgan fingerprint density at radius 3 is 3.04 bits per heavy atom. The van der Waals surface area contributed by atoms with Gasteiger partial charge in [-0.3, -0.25) is 4.79 Å². The molecule has 1 fully saturated rings. The number of amides is 1. The summed E-state index contributed by atoms with van der Waals surface area (Å²) in [6.45, 7) is 0.819. The molecule has 0 spiro atoms. The molecule has 5 heteroatoms. The number of para-hydroxylation sites is 1. The molecule has 5 nitrogen and oxygen atoms in total. The van der Waals surface area contributed by atoms with Gasteiger partial charge in [-0.05, 0) is 36.8 Å². The summed E-state index contributed by atoms with van der Waals surface area (Å²) in [5.74, 6) is 0.874. The van der Waals surface area contributed by atoms with Crippen molar-refractivity contribution in [2.24, 2.45) is 0 Å². The van der Waals surface area contributed by atoms with Crippen LogP contribution in [-0.4, -0.2) is 32.3 Å². The van der Waals surface area contributed by atoms with Crippen LogP contribution in [0.25, 0.3) is 10.9 Å². The highest BCUT2D eigenvalue weighted by molar-refractivity contribution is 5.81. The quantitative estimate of drug-likeness (QED) is 0.780. The summed E-state index contributed by atoms with van der Waals surface area (Å²) >= 11 is 0. The van der Waals surface area contributed by atoms with E-state index in [0.717, 1.165) is 42.8 Å². The van der Waals surface area contributed by atoms with Crippen LogP contribution in [0.4, 0.5) is 0 Å². The summed E-state index contributed by atoms with van der Waals surface area (Å²) in [7, 11) is 0. The molecule has 1 unspecified atom stereocenters. The minimum Gasteiger partial charge on any atom is -0.357 e. The molecule has 23 heavy (non-hydrogen) atoms. The van der Waals surface area contributed by atoms with Gasteiger partial charge in [-0.2, -0.15) is 0 Å². The number of carbonyl (C=O) groups excluding carboxylic acids is 1. The van der Waals surface area contributed by atoms with Crippen molar-refractivity contribution in [3.8, 4) is 0 Å². The van der Waals surface area contributed by atoms with E-state index in [1.165, 1.54) is 5.39 Å². The minimum atomic E-state index is 0.138. The molecule has 0 bridgehead atoms. The van der Waals surface area contributed by atoms with Gasteiger partial charge in [-0.25, -0.2) is 4.98 Å². The largest absolute Gasteiger partial charge is 0.357 e. The van der Waals surface area contributed by atoms with Crippen molar-refractivity contribution in [3.05, 3.63) is 54.2 Å². The summed E-state index contributed by atoms with van der Waals surface area (Å²) < 4.78 is 0. The number of nitrogens with zero attached hydrogens (tertiary/aromatic N) is 2. The molecule has 3 heterocycles. The van der Waals surface area contributed by atoms with Crippen LogP contribution in [0.15, 0.2) is 42.7 Å². The second kappa shape index (κ2) is 5.91. The van der Waals surface area contributed by atoms with Gasteiger partial charge >= 0.3 is 0 Å². The van der Waals surface area contributed by atoms with Crippen molar-refractivity contribution in [2.75, 3.05) is 6.54 Å².